The number of thiophene rings is 1. The molecule has 1 aliphatic carbocycles. The highest BCUT2D eigenvalue weighted by atomic mass is 32.2. The standard InChI is InChI=1S/C22H22N4O2S2/c1-12-6-7-15-17(10-23)22(30-19(15)9-12)25-20(27)16-5-4-8-24-21(16)29-11-18-13(2)26-28-14(18)3/h4-5,8,12H,6-7,9,11H2,1-3H3,(H,25,27)/t12-/m0/s1. The van der Waals surface area contributed by atoms with Gasteiger partial charge in [0.1, 0.15) is 21.9 Å². The van der Waals surface area contributed by atoms with E-state index in [1.165, 1.54) is 28.0 Å². The summed E-state index contributed by atoms with van der Waals surface area (Å²) in [5, 5.41) is 17.9. The van der Waals surface area contributed by atoms with Gasteiger partial charge < -0.3 is 9.84 Å². The van der Waals surface area contributed by atoms with Crippen molar-refractivity contribution in [1.82, 2.24) is 10.1 Å². The average Bonchev–Trinajstić information content (AvgIpc) is 3.24. The number of nitrogens with zero attached hydrogens (tertiary/aromatic N) is 3. The number of carbonyl (C=O) groups excluding carboxylic acids is 1. The van der Waals surface area contributed by atoms with Gasteiger partial charge in [0.25, 0.3) is 5.91 Å². The van der Waals surface area contributed by atoms with Crippen molar-refractivity contribution in [1.29, 1.82) is 5.26 Å². The van der Waals surface area contributed by atoms with Crippen LogP contribution < -0.4 is 5.32 Å². The monoisotopic (exact) mass is 438 g/mol. The number of anilines is 1. The van der Waals surface area contributed by atoms with Gasteiger partial charge in [-0.3, -0.25) is 4.79 Å². The zero-order valence-electron chi connectivity index (χ0n) is 17.1. The van der Waals surface area contributed by atoms with Crippen LogP contribution in [0.1, 0.15) is 56.7 Å². The average molecular weight is 439 g/mol. The maximum Gasteiger partial charge on any atom is 0.259 e. The molecule has 0 aromatic carbocycles. The van der Waals surface area contributed by atoms with Crippen LogP contribution >= 0.6 is 23.1 Å². The predicted octanol–water partition coefficient (Wildman–Crippen LogP) is 5.29. The molecule has 0 fully saturated rings. The summed E-state index contributed by atoms with van der Waals surface area (Å²) in [7, 11) is 0. The summed E-state index contributed by atoms with van der Waals surface area (Å²) < 4.78 is 5.22. The van der Waals surface area contributed by atoms with Crippen LogP contribution in [0.15, 0.2) is 27.9 Å². The topological polar surface area (TPSA) is 91.8 Å². The van der Waals surface area contributed by atoms with Gasteiger partial charge in [-0.2, -0.15) is 5.26 Å². The van der Waals surface area contributed by atoms with Crippen molar-refractivity contribution in [2.45, 2.75) is 50.8 Å². The number of rotatable bonds is 5. The molecule has 3 aromatic rings. The molecule has 0 saturated heterocycles. The fraction of sp³-hybridized carbons (Fsp3) is 0.364. The minimum Gasteiger partial charge on any atom is -0.361 e. The van der Waals surface area contributed by atoms with E-state index in [0.29, 0.717) is 32.8 Å². The molecule has 3 aromatic heterocycles. The minimum absolute atomic E-state index is 0.243. The van der Waals surface area contributed by atoms with Crippen molar-refractivity contribution >= 4 is 34.0 Å². The van der Waals surface area contributed by atoms with E-state index in [4.69, 9.17) is 4.52 Å². The Kier molecular flexibility index (Phi) is 5.93. The van der Waals surface area contributed by atoms with Gasteiger partial charge in [-0.25, -0.2) is 4.98 Å². The first-order chi connectivity index (χ1) is 14.5. The van der Waals surface area contributed by atoms with Crippen LogP contribution in [0.5, 0.6) is 0 Å². The summed E-state index contributed by atoms with van der Waals surface area (Å²) in [6, 6.07) is 5.82. The SMILES string of the molecule is Cc1noc(C)c1CSc1ncccc1C(=O)Nc1sc2c(c1C#N)CC[C@H](C)C2. The number of aryl methyl sites for hydroxylation is 2. The molecule has 0 radical (unpaired) electrons. The molecule has 0 saturated carbocycles. The zero-order chi connectivity index (χ0) is 21.3. The lowest BCUT2D eigenvalue weighted by Crippen LogP contribution is -2.14. The molecular formula is C22H22N4O2S2. The first kappa shape index (κ1) is 20.6. The molecule has 0 bridgehead atoms. The molecule has 4 rings (SSSR count). The summed E-state index contributed by atoms with van der Waals surface area (Å²) in [4.78, 5) is 18.7. The second-order valence-electron chi connectivity index (χ2n) is 7.57. The van der Waals surface area contributed by atoms with E-state index < -0.39 is 0 Å². The Hall–Kier alpha value is -2.63. The number of hydrogen-bond acceptors (Lipinski definition) is 7. The molecule has 0 spiro atoms. The van der Waals surface area contributed by atoms with Crippen LogP contribution in [0.2, 0.25) is 0 Å². The Morgan fingerprint density at radius 3 is 3.03 bits per heavy atom. The van der Waals surface area contributed by atoms with Crippen molar-refractivity contribution in [3.05, 3.63) is 56.9 Å². The molecule has 0 aliphatic heterocycles. The molecule has 6 nitrogen and oxygen atoms in total. The molecule has 1 aliphatic rings. The van der Waals surface area contributed by atoms with Crippen LogP contribution in [-0.2, 0) is 18.6 Å². The fourth-order valence-corrected chi connectivity index (χ4v) is 6.16. The third-order valence-corrected chi connectivity index (χ3v) is 7.60. The van der Waals surface area contributed by atoms with Crippen LogP contribution in [0.3, 0.4) is 0 Å². The van der Waals surface area contributed by atoms with E-state index in [1.807, 2.05) is 13.8 Å². The Bertz CT molecular complexity index is 1120. The van der Waals surface area contributed by atoms with Gasteiger partial charge in [-0.05, 0) is 56.7 Å². The minimum atomic E-state index is -0.243. The lowest BCUT2D eigenvalue weighted by atomic mass is 9.88. The molecule has 3 heterocycles. The van der Waals surface area contributed by atoms with Gasteiger partial charge in [0.05, 0.1) is 16.8 Å². The van der Waals surface area contributed by atoms with Gasteiger partial charge in [-0.1, -0.05) is 12.1 Å². The normalized spacial score (nSPS) is 15.5. The molecule has 0 unspecified atom stereocenters. The summed E-state index contributed by atoms with van der Waals surface area (Å²) in [5.74, 6) is 1.76. The highest BCUT2D eigenvalue weighted by molar-refractivity contribution is 7.98. The lowest BCUT2D eigenvalue weighted by Gasteiger charge is -2.17. The summed E-state index contributed by atoms with van der Waals surface area (Å²) in [6.07, 6.45) is 4.63. The first-order valence-corrected chi connectivity index (χ1v) is 11.6. The van der Waals surface area contributed by atoms with Crippen LogP contribution in [-0.4, -0.2) is 16.0 Å². The third-order valence-electron chi connectivity index (χ3n) is 5.40. The van der Waals surface area contributed by atoms with Gasteiger partial charge in [0.15, 0.2) is 0 Å². The van der Waals surface area contributed by atoms with E-state index in [0.717, 1.165) is 41.8 Å². The Labute approximate surface area is 183 Å². The van der Waals surface area contributed by atoms with Gasteiger partial charge in [0.2, 0.25) is 0 Å². The number of amides is 1. The number of pyridine rings is 1. The number of carbonyl (C=O) groups is 1. The van der Waals surface area contributed by atoms with Crippen molar-refractivity contribution in [2.24, 2.45) is 5.92 Å². The second kappa shape index (κ2) is 8.62. The van der Waals surface area contributed by atoms with E-state index in [1.54, 1.807) is 18.3 Å². The number of nitrogens with one attached hydrogen (secondary N) is 1. The van der Waals surface area contributed by atoms with Crippen LogP contribution in [0, 0.1) is 31.1 Å². The predicted molar refractivity (Wildman–Crippen MR) is 118 cm³/mol. The van der Waals surface area contributed by atoms with Crippen molar-refractivity contribution in [2.75, 3.05) is 5.32 Å². The highest BCUT2D eigenvalue weighted by Gasteiger charge is 2.25. The maximum absolute atomic E-state index is 13.1. The Balaban J connectivity index is 1.56. The zero-order valence-corrected chi connectivity index (χ0v) is 18.7. The molecule has 1 amide bonds. The summed E-state index contributed by atoms with van der Waals surface area (Å²) in [5.41, 5.74) is 4.08. The number of thioether (sulfide) groups is 1. The number of nitriles is 1. The summed E-state index contributed by atoms with van der Waals surface area (Å²) in [6.45, 7) is 6.01. The van der Waals surface area contributed by atoms with E-state index in [-0.39, 0.29) is 5.91 Å². The smallest absolute Gasteiger partial charge is 0.259 e. The van der Waals surface area contributed by atoms with Gasteiger partial charge >= 0.3 is 0 Å². The second-order valence-corrected chi connectivity index (χ2v) is 9.64. The Morgan fingerprint density at radius 1 is 1.47 bits per heavy atom. The quantitative estimate of drug-likeness (QED) is 0.544. The number of hydrogen-bond donors (Lipinski definition) is 1. The van der Waals surface area contributed by atoms with Crippen molar-refractivity contribution in [3.63, 3.8) is 0 Å². The highest BCUT2D eigenvalue weighted by Crippen LogP contribution is 2.39. The van der Waals surface area contributed by atoms with E-state index >= 15 is 0 Å². The summed E-state index contributed by atoms with van der Waals surface area (Å²) >= 11 is 3.01. The molecule has 30 heavy (non-hydrogen) atoms. The van der Waals surface area contributed by atoms with Crippen molar-refractivity contribution < 1.29 is 9.32 Å². The van der Waals surface area contributed by atoms with Gasteiger partial charge in [-0.15, -0.1) is 23.1 Å². The molecule has 154 valence electrons. The Morgan fingerprint density at radius 2 is 2.30 bits per heavy atom. The van der Waals surface area contributed by atoms with Crippen LogP contribution in [0.4, 0.5) is 5.00 Å². The molecule has 1 N–H and O–H groups in total. The molecule has 1 atom stereocenters. The largest absolute Gasteiger partial charge is 0.361 e. The van der Waals surface area contributed by atoms with Gasteiger partial charge in [0, 0.05) is 22.4 Å². The maximum atomic E-state index is 13.1. The molecular weight excluding hydrogens is 416 g/mol. The molecule has 8 heteroatoms. The van der Waals surface area contributed by atoms with Crippen molar-refractivity contribution in [3.8, 4) is 6.07 Å². The van der Waals surface area contributed by atoms with E-state index in [2.05, 4.69) is 28.5 Å². The fourth-order valence-electron chi connectivity index (χ4n) is 3.65. The number of fused-ring (bicyclic) bond motifs is 1. The van der Waals surface area contributed by atoms with Crippen LogP contribution in [0.25, 0.3) is 0 Å². The third kappa shape index (κ3) is 4.00. The number of aromatic nitrogens is 2. The lowest BCUT2D eigenvalue weighted by molar-refractivity contribution is 0.102. The first-order valence-electron chi connectivity index (χ1n) is 9.83. The van der Waals surface area contributed by atoms with E-state index in [9.17, 15) is 10.1 Å².